The van der Waals surface area contributed by atoms with Crippen LogP contribution in [0.4, 0.5) is 0 Å². The van der Waals surface area contributed by atoms with Crippen molar-refractivity contribution in [1.29, 1.82) is 0 Å². The molecule has 0 aliphatic rings. The monoisotopic (exact) mass is 260 g/mol. The molecule has 3 unspecified atom stereocenters. The maximum Gasteiger partial charge on any atom is -0.0145 e. The minimum atomic E-state index is -0.331. The highest BCUT2D eigenvalue weighted by Gasteiger charge is 2.22. The van der Waals surface area contributed by atoms with Gasteiger partial charge >= 0.3 is 0 Å². The van der Waals surface area contributed by atoms with Crippen molar-refractivity contribution in [2.24, 2.45) is 5.92 Å². The molecule has 0 rings (SSSR count). The summed E-state index contributed by atoms with van der Waals surface area (Å²) < 4.78 is 0. The summed E-state index contributed by atoms with van der Waals surface area (Å²) in [5.41, 5.74) is 0. The largest absolute Gasteiger partial charge is 0.242 e. The summed E-state index contributed by atoms with van der Waals surface area (Å²) in [7, 11) is -0.331. The van der Waals surface area contributed by atoms with E-state index in [9.17, 15) is 0 Å². The number of unbranched alkanes of at least 4 members (excludes halogenated alkanes) is 2. The van der Waals surface area contributed by atoms with Crippen LogP contribution in [0.2, 0.25) is 0 Å². The molecule has 0 aromatic rings. The molecule has 0 nitrogen and oxygen atoms in total. The molecule has 17 heavy (non-hydrogen) atoms. The van der Waals surface area contributed by atoms with Gasteiger partial charge in [-0.2, -0.15) is 0 Å². The average molecular weight is 261 g/mol. The number of hydrogen-bond acceptors (Lipinski definition) is 0. The van der Waals surface area contributed by atoms with Crippen LogP contribution >= 0.6 is 10.0 Å². The lowest BCUT2D eigenvalue weighted by molar-refractivity contribution is 0.484. The van der Waals surface area contributed by atoms with E-state index >= 15 is 0 Å². The maximum atomic E-state index is 2.58. The highest BCUT2D eigenvalue weighted by atomic mass is 32.3. The fourth-order valence-corrected chi connectivity index (χ4v) is 5.40. The van der Waals surface area contributed by atoms with E-state index in [-0.39, 0.29) is 10.0 Å². The molecule has 0 saturated carbocycles. The fraction of sp³-hybridized carbons (Fsp3) is 1.00. The fourth-order valence-electron chi connectivity index (χ4n) is 2.39. The van der Waals surface area contributed by atoms with Gasteiger partial charge in [-0.25, -0.2) is 10.0 Å². The molecular weight excluding hydrogens is 224 g/mol. The first kappa shape index (κ1) is 17.4. The second kappa shape index (κ2) is 9.30. The SMILES string of the molecule is CCCCCC(C)CCS(C)(CC)C(C)CC. The molecule has 0 aromatic carbocycles. The Morgan fingerprint density at radius 1 is 0.941 bits per heavy atom. The Kier molecular flexibility index (Phi) is 9.49. The van der Waals surface area contributed by atoms with Crippen LogP contribution in [0.1, 0.15) is 73.1 Å². The Hall–Kier alpha value is 0.350. The molecule has 0 radical (unpaired) electrons. The van der Waals surface area contributed by atoms with Gasteiger partial charge in [0.1, 0.15) is 0 Å². The third-order valence-corrected chi connectivity index (χ3v) is 9.35. The molecule has 0 spiro atoms. The molecule has 0 aliphatic heterocycles. The maximum absolute atomic E-state index is 2.58. The van der Waals surface area contributed by atoms with Gasteiger partial charge in [-0.05, 0) is 41.8 Å². The van der Waals surface area contributed by atoms with Gasteiger partial charge in [0, 0.05) is 0 Å². The van der Waals surface area contributed by atoms with Crippen molar-refractivity contribution in [1.82, 2.24) is 0 Å². The number of rotatable bonds is 10. The van der Waals surface area contributed by atoms with E-state index in [1.165, 1.54) is 50.0 Å². The molecule has 0 fully saturated rings. The zero-order chi connectivity index (χ0) is 13.3. The number of hydrogen-bond donors (Lipinski definition) is 0. The molecule has 106 valence electrons. The molecule has 0 aliphatic carbocycles. The first-order valence-corrected chi connectivity index (χ1v) is 10.2. The van der Waals surface area contributed by atoms with E-state index in [1.54, 1.807) is 0 Å². The van der Waals surface area contributed by atoms with E-state index < -0.39 is 0 Å². The summed E-state index contributed by atoms with van der Waals surface area (Å²) in [5.74, 6) is 3.87. The van der Waals surface area contributed by atoms with Crippen molar-refractivity contribution in [3.8, 4) is 0 Å². The van der Waals surface area contributed by atoms with Gasteiger partial charge in [0.05, 0.1) is 0 Å². The summed E-state index contributed by atoms with van der Waals surface area (Å²) in [6.45, 7) is 12.0. The van der Waals surface area contributed by atoms with Crippen LogP contribution in [-0.2, 0) is 0 Å². The Morgan fingerprint density at radius 3 is 2.06 bits per heavy atom. The molecular formula is C16H36S. The van der Waals surface area contributed by atoms with Gasteiger partial charge in [0.25, 0.3) is 0 Å². The third kappa shape index (κ3) is 6.74. The Balaban J connectivity index is 3.96. The average Bonchev–Trinajstić information content (AvgIpc) is 2.35. The van der Waals surface area contributed by atoms with Crippen LogP contribution in [-0.4, -0.2) is 23.0 Å². The summed E-state index contributed by atoms with van der Waals surface area (Å²) in [5, 5.41) is 0.954. The van der Waals surface area contributed by atoms with Crippen LogP contribution in [0.5, 0.6) is 0 Å². The lowest BCUT2D eigenvalue weighted by Crippen LogP contribution is -2.20. The second-order valence-corrected chi connectivity index (χ2v) is 10.4. The van der Waals surface area contributed by atoms with Crippen LogP contribution in [0, 0.1) is 5.92 Å². The van der Waals surface area contributed by atoms with Crippen molar-refractivity contribution in [3.63, 3.8) is 0 Å². The molecule has 0 N–H and O–H groups in total. The quantitative estimate of drug-likeness (QED) is 0.432. The molecule has 1 heteroatoms. The van der Waals surface area contributed by atoms with Gasteiger partial charge < -0.3 is 0 Å². The lowest BCUT2D eigenvalue weighted by atomic mass is 10.0. The van der Waals surface area contributed by atoms with E-state index in [4.69, 9.17) is 0 Å². The van der Waals surface area contributed by atoms with Crippen molar-refractivity contribution in [3.05, 3.63) is 0 Å². The highest BCUT2D eigenvalue weighted by molar-refractivity contribution is 8.33. The second-order valence-electron chi connectivity index (χ2n) is 5.95. The Bertz CT molecular complexity index is 178. The van der Waals surface area contributed by atoms with Crippen molar-refractivity contribution < 1.29 is 0 Å². The van der Waals surface area contributed by atoms with Gasteiger partial charge in [-0.15, -0.1) is 0 Å². The first-order valence-electron chi connectivity index (χ1n) is 7.72. The van der Waals surface area contributed by atoms with E-state index in [0.29, 0.717) is 0 Å². The predicted octanol–water partition coefficient (Wildman–Crippen LogP) is 5.85. The smallest absolute Gasteiger partial charge is 0.0145 e. The van der Waals surface area contributed by atoms with Crippen molar-refractivity contribution >= 4 is 10.0 Å². The molecule has 0 bridgehead atoms. The van der Waals surface area contributed by atoms with Gasteiger partial charge in [0.2, 0.25) is 0 Å². The van der Waals surface area contributed by atoms with E-state index in [2.05, 4.69) is 40.9 Å². The molecule has 0 heterocycles. The predicted molar refractivity (Wildman–Crippen MR) is 86.6 cm³/mol. The normalized spacial score (nSPS) is 20.6. The lowest BCUT2D eigenvalue weighted by Gasteiger charge is -2.41. The van der Waals surface area contributed by atoms with Crippen LogP contribution in [0.25, 0.3) is 0 Å². The van der Waals surface area contributed by atoms with E-state index in [1.807, 2.05) is 0 Å². The zero-order valence-electron chi connectivity index (χ0n) is 13.2. The third-order valence-electron chi connectivity index (χ3n) is 4.58. The van der Waals surface area contributed by atoms with Gasteiger partial charge in [-0.3, -0.25) is 0 Å². The molecule has 0 aromatic heterocycles. The molecule has 3 atom stereocenters. The van der Waals surface area contributed by atoms with Crippen molar-refractivity contribution in [2.45, 2.75) is 78.4 Å². The van der Waals surface area contributed by atoms with E-state index in [0.717, 1.165) is 11.2 Å². The summed E-state index contributed by atoms with van der Waals surface area (Å²) >= 11 is 0. The van der Waals surface area contributed by atoms with Crippen LogP contribution in [0.3, 0.4) is 0 Å². The minimum Gasteiger partial charge on any atom is -0.242 e. The summed E-state index contributed by atoms with van der Waals surface area (Å²) in [6.07, 6.45) is 11.1. The topological polar surface area (TPSA) is 0 Å². The van der Waals surface area contributed by atoms with Crippen molar-refractivity contribution in [2.75, 3.05) is 17.8 Å². The summed E-state index contributed by atoms with van der Waals surface area (Å²) in [6, 6.07) is 0. The molecule has 0 saturated heterocycles. The highest BCUT2D eigenvalue weighted by Crippen LogP contribution is 2.50. The standard InChI is InChI=1S/C16H36S/c1-7-10-11-12-15(4)13-14-17(6,9-3)16(5)8-2/h15-16H,7-14H2,1-6H3. The molecule has 0 amide bonds. The zero-order valence-corrected chi connectivity index (χ0v) is 14.0. The minimum absolute atomic E-state index is 0.331. The van der Waals surface area contributed by atoms with Gasteiger partial charge in [0.15, 0.2) is 0 Å². The summed E-state index contributed by atoms with van der Waals surface area (Å²) in [4.78, 5) is 0. The Labute approximate surface area is 112 Å². The van der Waals surface area contributed by atoms with Crippen LogP contribution in [0.15, 0.2) is 0 Å². The van der Waals surface area contributed by atoms with Gasteiger partial charge in [-0.1, -0.05) is 60.3 Å². The Morgan fingerprint density at radius 2 is 1.59 bits per heavy atom. The van der Waals surface area contributed by atoms with Crippen LogP contribution < -0.4 is 0 Å². The first-order chi connectivity index (χ1) is 8.00.